The Labute approximate surface area is 191 Å². The molecule has 33 heavy (non-hydrogen) atoms. The zero-order valence-electron chi connectivity index (χ0n) is 18.6. The van der Waals surface area contributed by atoms with E-state index in [-0.39, 0.29) is 11.7 Å². The number of amides is 1. The number of aromatic nitrogens is 2. The van der Waals surface area contributed by atoms with Gasteiger partial charge >= 0.3 is 0 Å². The lowest BCUT2D eigenvalue weighted by Crippen LogP contribution is -2.28. The quantitative estimate of drug-likeness (QED) is 0.329. The minimum atomic E-state index is -0.304. The summed E-state index contributed by atoms with van der Waals surface area (Å²) in [7, 11) is 3.19. The van der Waals surface area contributed by atoms with Crippen LogP contribution in [0.5, 0.6) is 11.5 Å². The second-order valence-corrected chi connectivity index (χ2v) is 7.24. The Kier molecular flexibility index (Phi) is 6.58. The normalized spacial score (nSPS) is 10.6. The molecule has 0 saturated heterocycles. The van der Waals surface area contributed by atoms with Gasteiger partial charge in [-0.1, -0.05) is 12.1 Å². The van der Waals surface area contributed by atoms with Gasteiger partial charge in [0.2, 0.25) is 5.95 Å². The van der Waals surface area contributed by atoms with Crippen molar-refractivity contribution in [1.82, 2.24) is 15.3 Å². The summed E-state index contributed by atoms with van der Waals surface area (Å²) in [4.78, 5) is 21.3. The van der Waals surface area contributed by atoms with Crippen LogP contribution in [-0.4, -0.2) is 43.2 Å². The average Bonchev–Trinajstić information content (AvgIpc) is 3.26. The summed E-state index contributed by atoms with van der Waals surface area (Å²) in [6.45, 7) is 2.70. The molecule has 4 rings (SSSR count). The number of carbonyl (C=O) groups is 1. The van der Waals surface area contributed by atoms with Gasteiger partial charge in [-0.25, -0.2) is 4.98 Å². The molecule has 0 unspecified atom stereocenters. The van der Waals surface area contributed by atoms with Gasteiger partial charge in [-0.15, -0.1) is 0 Å². The van der Waals surface area contributed by atoms with Crippen molar-refractivity contribution >= 4 is 34.3 Å². The number of furan rings is 1. The highest BCUT2D eigenvalue weighted by Gasteiger charge is 2.14. The van der Waals surface area contributed by atoms with Crippen LogP contribution in [-0.2, 0) is 0 Å². The van der Waals surface area contributed by atoms with Crippen LogP contribution in [0, 0.1) is 6.92 Å². The van der Waals surface area contributed by atoms with Crippen molar-refractivity contribution in [3.8, 4) is 11.5 Å². The van der Waals surface area contributed by atoms with Gasteiger partial charge in [0.1, 0.15) is 11.6 Å². The number of aryl methyl sites for hydroxylation is 1. The van der Waals surface area contributed by atoms with E-state index in [9.17, 15) is 4.79 Å². The second kappa shape index (κ2) is 9.90. The third kappa shape index (κ3) is 5.32. The summed E-state index contributed by atoms with van der Waals surface area (Å²) in [5, 5.41) is 10.0. The average molecular weight is 447 g/mol. The molecule has 9 nitrogen and oxygen atoms in total. The molecule has 0 fully saturated rings. The number of carbonyl (C=O) groups excluding carboxylic acids is 1. The zero-order valence-corrected chi connectivity index (χ0v) is 18.6. The molecule has 170 valence electrons. The fraction of sp³-hybridized carbons (Fsp3) is 0.208. The van der Waals surface area contributed by atoms with Gasteiger partial charge in [0, 0.05) is 35.9 Å². The summed E-state index contributed by atoms with van der Waals surface area (Å²) in [6.07, 6.45) is 0. The van der Waals surface area contributed by atoms with Crippen LogP contribution < -0.4 is 25.4 Å². The molecule has 0 aliphatic carbocycles. The van der Waals surface area contributed by atoms with E-state index in [1.165, 1.54) is 0 Å². The van der Waals surface area contributed by atoms with Crippen LogP contribution in [0.25, 0.3) is 11.0 Å². The molecular formula is C24H25N5O4. The van der Waals surface area contributed by atoms with Gasteiger partial charge in [0.25, 0.3) is 5.91 Å². The molecular weight excluding hydrogens is 422 g/mol. The number of methoxy groups -OCH3 is 2. The molecule has 0 bridgehead atoms. The summed E-state index contributed by atoms with van der Waals surface area (Å²) < 4.78 is 16.1. The molecule has 0 atom stereocenters. The first-order chi connectivity index (χ1) is 16.1. The van der Waals surface area contributed by atoms with Gasteiger partial charge in [-0.2, -0.15) is 4.98 Å². The number of anilines is 3. The molecule has 2 aromatic carbocycles. The Bertz CT molecular complexity index is 1250. The molecule has 9 heteroatoms. The zero-order chi connectivity index (χ0) is 23.2. The van der Waals surface area contributed by atoms with E-state index < -0.39 is 0 Å². The molecule has 2 aromatic heterocycles. The Morgan fingerprint density at radius 1 is 1.00 bits per heavy atom. The number of hydrogen-bond donors (Lipinski definition) is 3. The lowest BCUT2D eigenvalue weighted by atomic mass is 10.2. The van der Waals surface area contributed by atoms with Crippen molar-refractivity contribution in [2.45, 2.75) is 6.92 Å². The van der Waals surface area contributed by atoms with Crippen molar-refractivity contribution in [2.24, 2.45) is 0 Å². The van der Waals surface area contributed by atoms with Crippen molar-refractivity contribution in [3.05, 3.63) is 66.1 Å². The monoisotopic (exact) mass is 447 g/mol. The highest BCUT2D eigenvalue weighted by Crippen LogP contribution is 2.28. The largest absolute Gasteiger partial charge is 0.497 e. The van der Waals surface area contributed by atoms with E-state index in [0.717, 1.165) is 22.5 Å². The molecule has 4 aromatic rings. The SMILES string of the molecule is COc1ccc(Nc2cc(C)nc(NCCNC(=O)c3cc4cccc(OC)c4o3)n2)cc1. The van der Waals surface area contributed by atoms with Crippen LogP contribution in [0.4, 0.5) is 17.5 Å². The number of benzene rings is 2. The predicted molar refractivity (Wildman–Crippen MR) is 127 cm³/mol. The fourth-order valence-electron chi connectivity index (χ4n) is 3.28. The van der Waals surface area contributed by atoms with E-state index in [4.69, 9.17) is 13.9 Å². The van der Waals surface area contributed by atoms with Crippen LogP contribution in [0.15, 0.2) is 59.0 Å². The maximum Gasteiger partial charge on any atom is 0.287 e. The van der Waals surface area contributed by atoms with Gasteiger partial charge in [0.15, 0.2) is 17.1 Å². The standard InChI is InChI=1S/C24H25N5O4/c1-15-13-21(28-17-7-9-18(31-2)10-8-17)29-24(27-15)26-12-11-25-23(30)20-14-16-5-4-6-19(32-3)22(16)33-20/h4-10,13-14H,11-12H2,1-3H3,(H,25,30)(H2,26,27,28,29). The smallest absolute Gasteiger partial charge is 0.287 e. The van der Waals surface area contributed by atoms with E-state index in [1.54, 1.807) is 26.4 Å². The summed E-state index contributed by atoms with van der Waals surface area (Å²) >= 11 is 0. The van der Waals surface area contributed by atoms with Crippen LogP contribution in [0.1, 0.15) is 16.2 Å². The molecule has 2 heterocycles. The van der Waals surface area contributed by atoms with Gasteiger partial charge < -0.3 is 29.8 Å². The maximum atomic E-state index is 12.5. The second-order valence-electron chi connectivity index (χ2n) is 7.24. The number of para-hydroxylation sites is 1. The Morgan fingerprint density at radius 3 is 2.58 bits per heavy atom. The highest BCUT2D eigenvalue weighted by atomic mass is 16.5. The van der Waals surface area contributed by atoms with Crippen molar-refractivity contribution in [3.63, 3.8) is 0 Å². The Balaban J connectivity index is 1.32. The van der Waals surface area contributed by atoms with E-state index in [1.807, 2.05) is 49.4 Å². The van der Waals surface area contributed by atoms with Crippen molar-refractivity contribution in [2.75, 3.05) is 37.9 Å². The summed E-state index contributed by atoms with van der Waals surface area (Å²) in [5.74, 6) is 2.42. The molecule has 3 N–H and O–H groups in total. The Hall–Kier alpha value is -4.27. The lowest BCUT2D eigenvalue weighted by molar-refractivity contribution is 0.0929. The minimum absolute atomic E-state index is 0.229. The number of nitrogens with zero attached hydrogens (tertiary/aromatic N) is 2. The first-order valence-electron chi connectivity index (χ1n) is 10.4. The Morgan fingerprint density at radius 2 is 1.82 bits per heavy atom. The molecule has 1 amide bonds. The molecule has 0 aliphatic heterocycles. The lowest BCUT2D eigenvalue weighted by Gasteiger charge is -2.10. The predicted octanol–water partition coefficient (Wildman–Crippen LogP) is 4.13. The van der Waals surface area contributed by atoms with Gasteiger partial charge in [-0.05, 0) is 43.3 Å². The van der Waals surface area contributed by atoms with Gasteiger partial charge in [0.05, 0.1) is 14.2 Å². The molecule has 0 saturated carbocycles. The maximum absolute atomic E-state index is 12.5. The van der Waals surface area contributed by atoms with Crippen LogP contribution >= 0.6 is 0 Å². The van der Waals surface area contributed by atoms with Gasteiger partial charge in [-0.3, -0.25) is 4.79 Å². The fourth-order valence-corrected chi connectivity index (χ4v) is 3.28. The summed E-state index contributed by atoms with van der Waals surface area (Å²) in [6, 6.07) is 16.6. The van der Waals surface area contributed by atoms with Crippen molar-refractivity contribution < 1.29 is 18.7 Å². The highest BCUT2D eigenvalue weighted by molar-refractivity contribution is 5.97. The van der Waals surface area contributed by atoms with Crippen molar-refractivity contribution in [1.29, 1.82) is 0 Å². The topological polar surface area (TPSA) is 111 Å². The summed E-state index contributed by atoms with van der Waals surface area (Å²) in [5.41, 5.74) is 2.24. The first kappa shape index (κ1) is 21.9. The first-order valence-corrected chi connectivity index (χ1v) is 10.4. The van der Waals surface area contributed by atoms with Crippen LogP contribution in [0.2, 0.25) is 0 Å². The number of rotatable bonds is 9. The minimum Gasteiger partial charge on any atom is -0.497 e. The third-order valence-electron chi connectivity index (χ3n) is 4.86. The van der Waals surface area contributed by atoms with E-state index in [2.05, 4.69) is 25.9 Å². The number of fused-ring (bicyclic) bond motifs is 1. The van der Waals surface area contributed by atoms with E-state index >= 15 is 0 Å². The number of hydrogen-bond acceptors (Lipinski definition) is 8. The molecule has 0 aliphatic rings. The third-order valence-corrected chi connectivity index (χ3v) is 4.86. The van der Waals surface area contributed by atoms with E-state index in [0.29, 0.717) is 36.2 Å². The number of nitrogens with one attached hydrogen (secondary N) is 3. The molecule has 0 radical (unpaired) electrons. The molecule has 0 spiro atoms. The number of ether oxygens (including phenoxy) is 2. The van der Waals surface area contributed by atoms with Crippen LogP contribution in [0.3, 0.4) is 0 Å².